The van der Waals surface area contributed by atoms with Crippen molar-refractivity contribution in [3.63, 3.8) is 0 Å². The fourth-order valence-corrected chi connectivity index (χ4v) is 1.81. The Labute approximate surface area is 122 Å². The Balaban J connectivity index is 2.21. The van der Waals surface area contributed by atoms with Crippen molar-refractivity contribution < 1.29 is 23.4 Å². The van der Waals surface area contributed by atoms with E-state index in [0.717, 1.165) is 0 Å². The highest BCUT2D eigenvalue weighted by Gasteiger charge is 2.12. The van der Waals surface area contributed by atoms with Crippen molar-refractivity contribution in [2.45, 2.75) is 6.61 Å². The van der Waals surface area contributed by atoms with Crippen molar-refractivity contribution in [3.05, 3.63) is 59.4 Å². The van der Waals surface area contributed by atoms with E-state index in [2.05, 4.69) is 4.74 Å². The molecule has 4 nitrogen and oxygen atoms in total. The monoisotopic (exact) mass is 290 g/mol. The molecule has 0 N–H and O–H groups in total. The maximum absolute atomic E-state index is 13.6. The minimum absolute atomic E-state index is 0.0354. The van der Waals surface area contributed by atoms with Crippen LogP contribution in [0.3, 0.4) is 0 Å². The van der Waals surface area contributed by atoms with Gasteiger partial charge in [-0.1, -0.05) is 18.2 Å². The fourth-order valence-electron chi connectivity index (χ4n) is 1.81. The Morgan fingerprint density at radius 3 is 2.52 bits per heavy atom. The summed E-state index contributed by atoms with van der Waals surface area (Å²) in [5.74, 6) is -0.0170. The summed E-state index contributed by atoms with van der Waals surface area (Å²) in [6, 6.07) is 11.0. The van der Waals surface area contributed by atoms with Crippen molar-refractivity contribution in [3.8, 4) is 11.5 Å². The van der Waals surface area contributed by atoms with E-state index in [4.69, 9.17) is 9.47 Å². The highest BCUT2D eigenvalue weighted by molar-refractivity contribution is 5.90. The van der Waals surface area contributed by atoms with Crippen LogP contribution in [0.25, 0.3) is 0 Å². The highest BCUT2D eigenvalue weighted by Crippen LogP contribution is 2.29. The van der Waals surface area contributed by atoms with Gasteiger partial charge in [0.1, 0.15) is 12.4 Å². The number of esters is 1. The third-order valence-electron chi connectivity index (χ3n) is 2.93. The molecule has 0 saturated heterocycles. The van der Waals surface area contributed by atoms with Gasteiger partial charge in [0.15, 0.2) is 11.5 Å². The Bertz CT molecular complexity index is 640. The lowest BCUT2D eigenvalue weighted by Gasteiger charge is -2.12. The predicted molar refractivity (Wildman–Crippen MR) is 75.1 cm³/mol. The number of benzene rings is 2. The molecule has 0 aliphatic rings. The molecule has 5 heteroatoms. The number of ether oxygens (including phenoxy) is 3. The molecule has 0 heterocycles. The summed E-state index contributed by atoms with van der Waals surface area (Å²) >= 11 is 0. The molecule has 2 aromatic rings. The molecule has 0 aliphatic heterocycles. The van der Waals surface area contributed by atoms with Gasteiger partial charge in [0.05, 0.1) is 19.8 Å². The van der Waals surface area contributed by atoms with E-state index in [-0.39, 0.29) is 12.4 Å². The van der Waals surface area contributed by atoms with Crippen molar-refractivity contribution in [2.75, 3.05) is 14.2 Å². The topological polar surface area (TPSA) is 44.8 Å². The van der Waals surface area contributed by atoms with Gasteiger partial charge < -0.3 is 14.2 Å². The quantitative estimate of drug-likeness (QED) is 0.793. The number of hydrogen-bond donors (Lipinski definition) is 0. The summed E-state index contributed by atoms with van der Waals surface area (Å²) in [4.78, 5) is 11.5. The van der Waals surface area contributed by atoms with Crippen LogP contribution in [-0.4, -0.2) is 20.2 Å². The van der Waals surface area contributed by atoms with Gasteiger partial charge in [-0.15, -0.1) is 0 Å². The van der Waals surface area contributed by atoms with Crippen molar-refractivity contribution in [1.29, 1.82) is 0 Å². The smallest absolute Gasteiger partial charge is 0.337 e. The zero-order valence-corrected chi connectivity index (χ0v) is 11.8. The van der Waals surface area contributed by atoms with Crippen molar-refractivity contribution >= 4 is 5.97 Å². The molecule has 0 bridgehead atoms. The molecular formula is C16H15FO4. The first-order valence-electron chi connectivity index (χ1n) is 6.28. The first kappa shape index (κ1) is 14.8. The lowest BCUT2D eigenvalue weighted by atomic mass is 10.2. The number of carbonyl (C=O) groups is 1. The lowest BCUT2D eigenvalue weighted by Crippen LogP contribution is -2.04. The maximum atomic E-state index is 13.6. The second kappa shape index (κ2) is 6.74. The summed E-state index contributed by atoms with van der Waals surface area (Å²) in [7, 11) is 2.79. The summed E-state index contributed by atoms with van der Waals surface area (Å²) in [6.07, 6.45) is 0. The number of hydrogen-bond acceptors (Lipinski definition) is 4. The summed E-state index contributed by atoms with van der Waals surface area (Å²) in [5.41, 5.74) is 0.754. The summed E-state index contributed by atoms with van der Waals surface area (Å²) < 4.78 is 28.9. The van der Waals surface area contributed by atoms with E-state index in [0.29, 0.717) is 22.6 Å². The van der Waals surface area contributed by atoms with E-state index in [1.807, 2.05) is 0 Å². The third-order valence-corrected chi connectivity index (χ3v) is 2.93. The van der Waals surface area contributed by atoms with Crippen LogP contribution in [0.15, 0.2) is 42.5 Å². The van der Waals surface area contributed by atoms with E-state index >= 15 is 0 Å². The van der Waals surface area contributed by atoms with Crippen LogP contribution in [0.1, 0.15) is 15.9 Å². The Morgan fingerprint density at radius 1 is 1.10 bits per heavy atom. The number of rotatable bonds is 5. The van der Waals surface area contributed by atoms with Gasteiger partial charge in [-0.05, 0) is 24.3 Å². The predicted octanol–water partition coefficient (Wildman–Crippen LogP) is 3.20. The molecule has 0 aliphatic carbocycles. The van der Waals surface area contributed by atoms with E-state index < -0.39 is 5.97 Å². The molecule has 0 atom stereocenters. The van der Waals surface area contributed by atoms with E-state index in [9.17, 15) is 9.18 Å². The average Bonchev–Trinajstić information content (AvgIpc) is 2.53. The molecule has 0 radical (unpaired) electrons. The Morgan fingerprint density at radius 2 is 1.86 bits per heavy atom. The standard InChI is InChI=1S/C16H15FO4/c1-19-14-8-7-11(16(18)20-2)9-15(14)21-10-12-5-3-4-6-13(12)17/h3-9H,10H2,1-2H3. The van der Waals surface area contributed by atoms with Crippen LogP contribution < -0.4 is 9.47 Å². The molecule has 21 heavy (non-hydrogen) atoms. The highest BCUT2D eigenvalue weighted by atomic mass is 19.1. The minimum atomic E-state index is -0.478. The molecule has 0 unspecified atom stereocenters. The van der Waals surface area contributed by atoms with Crippen LogP contribution in [0.4, 0.5) is 4.39 Å². The van der Waals surface area contributed by atoms with Gasteiger partial charge in [0.2, 0.25) is 0 Å². The van der Waals surface area contributed by atoms with E-state index in [1.165, 1.54) is 26.4 Å². The summed E-state index contributed by atoms with van der Waals surface area (Å²) in [5, 5.41) is 0. The number of methoxy groups -OCH3 is 2. The van der Waals surface area contributed by atoms with Crippen molar-refractivity contribution in [1.82, 2.24) is 0 Å². The second-order valence-electron chi connectivity index (χ2n) is 4.24. The molecule has 0 saturated carbocycles. The summed E-state index contributed by atoms with van der Waals surface area (Å²) in [6.45, 7) is 0.0354. The average molecular weight is 290 g/mol. The molecule has 0 fully saturated rings. The van der Waals surface area contributed by atoms with Gasteiger partial charge in [0.25, 0.3) is 0 Å². The van der Waals surface area contributed by atoms with Gasteiger partial charge in [-0.2, -0.15) is 0 Å². The fraction of sp³-hybridized carbons (Fsp3) is 0.188. The molecular weight excluding hydrogens is 275 g/mol. The number of halogens is 1. The lowest BCUT2D eigenvalue weighted by molar-refractivity contribution is 0.0600. The van der Waals surface area contributed by atoms with Gasteiger partial charge in [-0.25, -0.2) is 9.18 Å². The Kier molecular flexibility index (Phi) is 4.77. The normalized spacial score (nSPS) is 10.0. The SMILES string of the molecule is COC(=O)c1ccc(OC)c(OCc2ccccc2F)c1. The Hall–Kier alpha value is -2.56. The van der Waals surface area contributed by atoms with Gasteiger partial charge >= 0.3 is 5.97 Å². The zero-order valence-electron chi connectivity index (χ0n) is 11.8. The zero-order chi connectivity index (χ0) is 15.2. The minimum Gasteiger partial charge on any atom is -0.493 e. The largest absolute Gasteiger partial charge is 0.493 e. The maximum Gasteiger partial charge on any atom is 0.337 e. The van der Waals surface area contributed by atoms with Crippen LogP contribution in [0.5, 0.6) is 11.5 Å². The number of carbonyl (C=O) groups excluding carboxylic acids is 1. The third kappa shape index (κ3) is 3.51. The van der Waals surface area contributed by atoms with Crippen LogP contribution in [0.2, 0.25) is 0 Å². The first-order valence-corrected chi connectivity index (χ1v) is 6.28. The van der Waals surface area contributed by atoms with Crippen LogP contribution >= 0.6 is 0 Å². The van der Waals surface area contributed by atoms with Crippen LogP contribution in [0, 0.1) is 5.82 Å². The van der Waals surface area contributed by atoms with Gasteiger partial charge in [0, 0.05) is 5.56 Å². The molecule has 0 aromatic heterocycles. The molecule has 2 rings (SSSR count). The molecule has 110 valence electrons. The first-order chi connectivity index (χ1) is 10.2. The van der Waals surface area contributed by atoms with Crippen LogP contribution in [-0.2, 0) is 11.3 Å². The molecule has 0 amide bonds. The van der Waals surface area contributed by atoms with Gasteiger partial charge in [-0.3, -0.25) is 0 Å². The van der Waals surface area contributed by atoms with E-state index in [1.54, 1.807) is 30.3 Å². The van der Waals surface area contributed by atoms with Crippen molar-refractivity contribution in [2.24, 2.45) is 0 Å². The molecule has 0 spiro atoms. The molecule has 2 aromatic carbocycles. The second-order valence-corrected chi connectivity index (χ2v) is 4.24.